The molecule has 1 aromatic carbocycles. The summed E-state index contributed by atoms with van der Waals surface area (Å²) < 4.78 is 0. The zero-order valence-electron chi connectivity index (χ0n) is 11.6. The molecule has 0 bridgehead atoms. The second-order valence-corrected chi connectivity index (χ2v) is 5.50. The fourth-order valence-corrected chi connectivity index (χ4v) is 2.33. The quantitative estimate of drug-likeness (QED) is 0.890. The van der Waals surface area contributed by atoms with E-state index in [1.54, 1.807) is 32.3 Å². The van der Waals surface area contributed by atoms with Crippen molar-refractivity contribution in [3.05, 3.63) is 28.8 Å². The maximum atomic E-state index is 12.2. The van der Waals surface area contributed by atoms with Crippen LogP contribution >= 0.6 is 11.6 Å². The largest absolute Gasteiger partial charge is 0.345 e. The minimum atomic E-state index is -0.165. The van der Waals surface area contributed by atoms with E-state index in [9.17, 15) is 9.59 Å². The Balaban J connectivity index is 2.22. The molecule has 108 valence electrons. The van der Waals surface area contributed by atoms with Gasteiger partial charge in [0.1, 0.15) is 0 Å². The van der Waals surface area contributed by atoms with Crippen LogP contribution in [0, 0.1) is 5.92 Å². The van der Waals surface area contributed by atoms with E-state index in [1.165, 1.54) is 4.90 Å². The number of benzene rings is 1. The highest BCUT2D eigenvalue weighted by Gasteiger charge is 2.24. The van der Waals surface area contributed by atoms with Crippen LogP contribution in [-0.2, 0) is 4.79 Å². The summed E-state index contributed by atoms with van der Waals surface area (Å²) in [6.07, 6.45) is 0.809. The van der Waals surface area contributed by atoms with Gasteiger partial charge < -0.3 is 15.5 Å². The van der Waals surface area contributed by atoms with Gasteiger partial charge >= 0.3 is 0 Å². The van der Waals surface area contributed by atoms with Crippen molar-refractivity contribution in [2.75, 3.05) is 32.5 Å². The summed E-state index contributed by atoms with van der Waals surface area (Å²) in [5.74, 6) is -0.303. The Bertz CT molecular complexity index is 525. The van der Waals surface area contributed by atoms with E-state index in [-0.39, 0.29) is 17.7 Å². The van der Waals surface area contributed by atoms with Gasteiger partial charge in [-0.2, -0.15) is 0 Å². The fourth-order valence-electron chi connectivity index (χ4n) is 2.16. The predicted molar refractivity (Wildman–Crippen MR) is 79.1 cm³/mol. The lowest BCUT2D eigenvalue weighted by atomic mass is 10.1. The molecule has 2 amide bonds. The lowest BCUT2D eigenvalue weighted by molar-refractivity contribution is -0.119. The van der Waals surface area contributed by atoms with Gasteiger partial charge in [-0.05, 0) is 31.2 Å². The first-order valence-corrected chi connectivity index (χ1v) is 6.89. The number of hydrogen-bond donors (Lipinski definition) is 2. The molecular formula is C14H18ClN3O2. The van der Waals surface area contributed by atoms with Crippen LogP contribution in [0.3, 0.4) is 0 Å². The van der Waals surface area contributed by atoms with Gasteiger partial charge in [-0.15, -0.1) is 0 Å². The van der Waals surface area contributed by atoms with Crippen LogP contribution in [0.15, 0.2) is 18.2 Å². The summed E-state index contributed by atoms with van der Waals surface area (Å²) in [6, 6.07) is 4.89. The van der Waals surface area contributed by atoms with Gasteiger partial charge in [0.15, 0.2) is 0 Å². The standard InChI is InChI=1S/C14H18ClN3O2/c1-18(2)14(20)11-4-3-10(15)7-12(11)17-13(19)9-5-6-16-8-9/h3-4,7,9,16H,5-6,8H2,1-2H3,(H,17,19). The first-order valence-electron chi connectivity index (χ1n) is 6.52. The van der Waals surface area contributed by atoms with Crippen LogP contribution in [0.2, 0.25) is 5.02 Å². The van der Waals surface area contributed by atoms with Crippen LogP contribution < -0.4 is 10.6 Å². The van der Waals surface area contributed by atoms with Crippen molar-refractivity contribution < 1.29 is 9.59 Å². The van der Waals surface area contributed by atoms with E-state index in [4.69, 9.17) is 11.6 Å². The number of hydrogen-bond acceptors (Lipinski definition) is 3. The van der Waals surface area contributed by atoms with E-state index < -0.39 is 0 Å². The Kier molecular flexibility index (Phi) is 4.62. The summed E-state index contributed by atoms with van der Waals surface area (Å²) in [4.78, 5) is 25.7. The van der Waals surface area contributed by atoms with E-state index >= 15 is 0 Å². The Hall–Kier alpha value is -1.59. The van der Waals surface area contributed by atoms with Gasteiger partial charge in [-0.1, -0.05) is 11.6 Å². The number of nitrogens with one attached hydrogen (secondary N) is 2. The Morgan fingerprint density at radius 1 is 1.40 bits per heavy atom. The summed E-state index contributed by atoms with van der Waals surface area (Å²) in [5.41, 5.74) is 0.909. The van der Waals surface area contributed by atoms with Gasteiger partial charge in [0.2, 0.25) is 5.91 Å². The smallest absolute Gasteiger partial charge is 0.255 e. The third kappa shape index (κ3) is 3.29. The Morgan fingerprint density at radius 2 is 2.15 bits per heavy atom. The minimum absolute atomic E-state index is 0.0590. The topological polar surface area (TPSA) is 61.4 Å². The summed E-state index contributed by atoms with van der Waals surface area (Å²) in [7, 11) is 3.34. The van der Waals surface area contributed by atoms with Crippen molar-refractivity contribution in [3.8, 4) is 0 Å². The summed E-state index contributed by atoms with van der Waals surface area (Å²) >= 11 is 5.96. The Morgan fingerprint density at radius 3 is 2.75 bits per heavy atom. The van der Waals surface area contributed by atoms with Crippen LogP contribution in [-0.4, -0.2) is 43.9 Å². The zero-order valence-corrected chi connectivity index (χ0v) is 12.3. The highest BCUT2D eigenvalue weighted by atomic mass is 35.5. The normalized spacial score (nSPS) is 17.9. The molecule has 1 heterocycles. The van der Waals surface area contributed by atoms with Crippen molar-refractivity contribution in [1.29, 1.82) is 0 Å². The fraction of sp³-hybridized carbons (Fsp3) is 0.429. The first kappa shape index (κ1) is 14.8. The van der Waals surface area contributed by atoms with Crippen molar-refractivity contribution in [1.82, 2.24) is 10.2 Å². The SMILES string of the molecule is CN(C)C(=O)c1ccc(Cl)cc1NC(=O)C1CCNC1. The van der Waals surface area contributed by atoms with Gasteiger partial charge in [-0.3, -0.25) is 9.59 Å². The maximum absolute atomic E-state index is 12.2. The number of carbonyl (C=O) groups is 2. The van der Waals surface area contributed by atoms with Crippen LogP contribution in [0.4, 0.5) is 5.69 Å². The maximum Gasteiger partial charge on any atom is 0.255 e. The number of halogens is 1. The Labute approximate surface area is 123 Å². The van der Waals surface area contributed by atoms with E-state index in [2.05, 4.69) is 10.6 Å². The molecule has 1 atom stereocenters. The number of rotatable bonds is 3. The highest BCUT2D eigenvalue weighted by molar-refractivity contribution is 6.31. The molecule has 20 heavy (non-hydrogen) atoms. The zero-order chi connectivity index (χ0) is 14.7. The average molecular weight is 296 g/mol. The van der Waals surface area contributed by atoms with E-state index in [0.29, 0.717) is 22.8 Å². The van der Waals surface area contributed by atoms with Crippen molar-refractivity contribution >= 4 is 29.1 Å². The molecule has 1 aliphatic heterocycles. The molecule has 2 rings (SSSR count). The lowest BCUT2D eigenvalue weighted by Gasteiger charge is -2.16. The predicted octanol–water partition coefficient (Wildman–Crippen LogP) is 1.59. The molecule has 0 spiro atoms. The van der Waals surface area contributed by atoms with Crippen LogP contribution in [0.1, 0.15) is 16.8 Å². The molecule has 0 aliphatic carbocycles. The van der Waals surface area contributed by atoms with Crippen molar-refractivity contribution in [2.24, 2.45) is 5.92 Å². The van der Waals surface area contributed by atoms with Gasteiger partial charge in [-0.25, -0.2) is 0 Å². The molecular weight excluding hydrogens is 278 g/mol. The third-order valence-electron chi connectivity index (χ3n) is 3.31. The summed E-state index contributed by atoms with van der Waals surface area (Å²) in [6.45, 7) is 1.51. The molecule has 1 fully saturated rings. The minimum Gasteiger partial charge on any atom is -0.345 e. The first-order chi connectivity index (χ1) is 9.49. The molecule has 1 aliphatic rings. The molecule has 2 N–H and O–H groups in total. The molecule has 6 heteroatoms. The van der Waals surface area contributed by atoms with Gasteiger partial charge in [0, 0.05) is 25.7 Å². The van der Waals surface area contributed by atoms with Crippen molar-refractivity contribution in [3.63, 3.8) is 0 Å². The van der Waals surface area contributed by atoms with Crippen LogP contribution in [0.25, 0.3) is 0 Å². The summed E-state index contributed by atoms with van der Waals surface area (Å²) in [5, 5.41) is 6.45. The van der Waals surface area contributed by atoms with E-state index in [0.717, 1.165) is 13.0 Å². The average Bonchev–Trinajstić information content (AvgIpc) is 2.92. The number of carbonyl (C=O) groups excluding carboxylic acids is 2. The molecule has 1 unspecified atom stereocenters. The second-order valence-electron chi connectivity index (χ2n) is 5.07. The molecule has 0 saturated carbocycles. The molecule has 0 radical (unpaired) electrons. The molecule has 0 aromatic heterocycles. The molecule has 1 aromatic rings. The van der Waals surface area contributed by atoms with Crippen molar-refractivity contribution in [2.45, 2.75) is 6.42 Å². The number of anilines is 1. The number of nitrogens with zero attached hydrogens (tertiary/aromatic N) is 1. The number of amides is 2. The molecule has 5 nitrogen and oxygen atoms in total. The van der Waals surface area contributed by atoms with E-state index in [1.807, 2.05) is 0 Å². The molecule has 1 saturated heterocycles. The lowest BCUT2D eigenvalue weighted by Crippen LogP contribution is -2.27. The third-order valence-corrected chi connectivity index (χ3v) is 3.54. The highest BCUT2D eigenvalue weighted by Crippen LogP contribution is 2.23. The van der Waals surface area contributed by atoms with Gasteiger partial charge in [0.25, 0.3) is 5.91 Å². The second kappa shape index (κ2) is 6.24. The van der Waals surface area contributed by atoms with Crippen LogP contribution in [0.5, 0.6) is 0 Å². The van der Waals surface area contributed by atoms with Gasteiger partial charge in [0.05, 0.1) is 17.2 Å². The monoisotopic (exact) mass is 295 g/mol.